The first-order valence-corrected chi connectivity index (χ1v) is 3.67. The Balaban J connectivity index is 3.13. The van der Waals surface area contributed by atoms with Crippen LogP contribution in [-0.4, -0.2) is 10.2 Å². The summed E-state index contributed by atoms with van der Waals surface area (Å²) < 4.78 is 12.5. The summed E-state index contributed by atoms with van der Waals surface area (Å²) in [7, 11) is 0. The average molecular weight is 175 g/mol. The zero-order valence-corrected chi connectivity index (χ0v) is 7.06. The van der Waals surface area contributed by atoms with E-state index in [0.717, 1.165) is 0 Å². The molecule has 0 aliphatic carbocycles. The maximum atomic E-state index is 12.5. The van der Waals surface area contributed by atoms with E-state index in [0.29, 0.717) is 5.56 Å². The third-order valence-electron chi connectivity index (χ3n) is 1.37. The largest absolute Gasteiger partial charge is 0.233 e. The Hall–Kier alpha value is -0.700. The molecular formula is C7H8ClFN2. The van der Waals surface area contributed by atoms with Gasteiger partial charge in [0, 0.05) is 6.07 Å². The van der Waals surface area contributed by atoms with Gasteiger partial charge in [-0.15, -0.1) is 10.2 Å². The maximum absolute atomic E-state index is 12.5. The molecule has 0 bridgehead atoms. The molecule has 0 saturated carbocycles. The summed E-state index contributed by atoms with van der Waals surface area (Å²) in [4.78, 5) is 0. The molecular weight excluding hydrogens is 167 g/mol. The first kappa shape index (κ1) is 8.40. The van der Waals surface area contributed by atoms with Gasteiger partial charge in [0.1, 0.15) is 0 Å². The highest BCUT2D eigenvalue weighted by atomic mass is 35.5. The lowest BCUT2D eigenvalue weighted by molar-refractivity contribution is 0.557. The number of nitrogens with zero attached hydrogens (tertiary/aromatic N) is 2. The quantitative estimate of drug-likeness (QED) is 0.654. The zero-order chi connectivity index (χ0) is 8.43. The molecule has 0 unspecified atom stereocenters. The standard InChI is InChI=1S/C7H8ClFN2/c1-4(2)5-3-6(9)10-11-7(5)8/h3-4H,1-2H3. The molecule has 0 radical (unpaired) electrons. The Labute approximate surface area is 69.4 Å². The highest BCUT2D eigenvalue weighted by Gasteiger charge is 2.07. The van der Waals surface area contributed by atoms with Crippen LogP contribution in [-0.2, 0) is 0 Å². The fourth-order valence-corrected chi connectivity index (χ4v) is 1.08. The van der Waals surface area contributed by atoms with Crippen molar-refractivity contribution < 1.29 is 4.39 Å². The number of hydrogen-bond donors (Lipinski definition) is 0. The van der Waals surface area contributed by atoms with E-state index >= 15 is 0 Å². The van der Waals surface area contributed by atoms with Crippen molar-refractivity contribution in [3.8, 4) is 0 Å². The highest BCUT2D eigenvalue weighted by Crippen LogP contribution is 2.20. The Bertz CT molecular complexity index is 263. The normalized spacial score (nSPS) is 10.6. The molecule has 0 N–H and O–H groups in total. The summed E-state index contributed by atoms with van der Waals surface area (Å²) in [6.07, 6.45) is 0. The van der Waals surface area contributed by atoms with Gasteiger partial charge in [0.05, 0.1) is 0 Å². The first-order chi connectivity index (χ1) is 5.11. The van der Waals surface area contributed by atoms with Crippen LogP contribution in [0.2, 0.25) is 5.15 Å². The molecule has 0 fully saturated rings. The Kier molecular flexibility index (Phi) is 2.39. The van der Waals surface area contributed by atoms with E-state index in [-0.39, 0.29) is 11.1 Å². The predicted octanol–water partition coefficient (Wildman–Crippen LogP) is 2.39. The van der Waals surface area contributed by atoms with E-state index in [1.165, 1.54) is 6.07 Å². The number of rotatable bonds is 1. The van der Waals surface area contributed by atoms with Gasteiger partial charge in [0.25, 0.3) is 0 Å². The minimum atomic E-state index is -0.585. The highest BCUT2D eigenvalue weighted by molar-refractivity contribution is 6.30. The molecule has 0 saturated heterocycles. The van der Waals surface area contributed by atoms with Crippen molar-refractivity contribution in [2.75, 3.05) is 0 Å². The smallest absolute Gasteiger partial charge is 0.183 e. The molecule has 4 heteroatoms. The van der Waals surface area contributed by atoms with Gasteiger partial charge in [0.15, 0.2) is 5.15 Å². The van der Waals surface area contributed by atoms with Crippen LogP contribution in [0.3, 0.4) is 0 Å². The minimum Gasteiger partial charge on any atom is -0.183 e. The molecule has 1 aromatic heterocycles. The molecule has 1 heterocycles. The molecule has 1 aromatic rings. The lowest BCUT2D eigenvalue weighted by Gasteiger charge is -2.04. The van der Waals surface area contributed by atoms with Crippen LogP contribution >= 0.6 is 11.6 Å². The molecule has 0 aliphatic heterocycles. The zero-order valence-electron chi connectivity index (χ0n) is 6.31. The molecule has 0 amide bonds. The second-order valence-electron chi connectivity index (χ2n) is 2.57. The summed E-state index contributed by atoms with van der Waals surface area (Å²) >= 11 is 5.65. The van der Waals surface area contributed by atoms with E-state index in [2.05, 4.69) is 10.2 Å². The molecule has 0 aliphatic rings. The second-order valence-corrected chi connectivity index (χ2v) is 2.93. The Morgan fingerprint density at radius 2 is 2.09 bits per heavy atom. The van der Waals surface area contributed by atoms with Crippen LogP contribution in [0.4, 0.5) is 4.39 Å². The topological polar surface area (TPSA) is 25.8 Å². The third kappa shape index (κ3) is 1.87. The van der Waals surface area contributed by atoms with Crippen LogP contribution in [0.5, 0.6) is 0 Å². The fraction of sp³-hybridized carbons (Fsp3) is 0.429. The van der Waals surface area contributed by atoms with Gasteiger partial charge in [-0.3, -0.25) is 0 Å². The van der Waals surface area contributed by atoms with Crippen LogP contribution < -0.4 is 0 Å². The summed E-state index contributed by atoms with van der Waals surface area (Å²) in [5.41, 5.74) is 0.694. The lowest BCUT2D eigenvalue weighted by Crippen LogP contribution is -1.96. The SMILES string of the molecule is CC(C)c1cc(F)nnc1Cl. The first-order valence-electron chi connectivity index (χ1n) is 3.30. The minimum absolute atomic E-state index is 0.174. The monoisotopic (exact) mass is 174 g/mol. The van der Waals surface area contributed by atoms with E-state index in [1.807, 2.05) is 13.8 Å². The number of aromatic nitrogens is 2. The van der Waals surface area contributed by atoms with Crippen molar-refractivity contribution in [2.45, 2.75) is 19.8 Å². The molecule has 0 aromatic carbocycles. The van der Waals surface area contributed by atoms with E-state index in [1.54, 1.807) is 0 Å². The van der Waals surface area contributed by atoms with Crippen LogP contribution in [0.1, 0.15) is 25.3 Å². The molecule has 11 heavy (non-hydrogen) atoms. The van der Waals surface area contributed by atoms with Gasteiger partial charge in [-0.25, -0.2) is 0 Å². The molecule has 1 rings (SSSR count). The van der Waals surface area contributed by atoms with Gasteiger partial charge >= 0.3 is 0 Å². The maximum Gasteiger partial charge on any atom is 0.233 e. The third-order valence-corrected chi connectivity index (χ3v) is 1.66. The van der Waals surface area contributed by atoms with Gasteiger partial charge in [-0.2, -0.15) is 4.39 Å². The fourth-order valence-electron chi connectivity index (χ4n) is 0.771. The lowest BCUT2D eigenvalue weighted by atomic mass is 10.1. The van der Waals surface area contributed by atoms with Crippen molar-refractivity contribution in [1.82, 2.24) is 10.2 Å². The van der Waals surface area contributed by atoms with E-state index in [9.17, 15) is 4.39 Å². The van der Waals surface area contributed by atoms with Crippen molar-refractivity contribution in [2.24, 2.45) is 0 Å². The molecule has 0 spiro atoms. The Morgan fingerprint density at radius 1 is 1.45 bits per heavy atom. The van der Waals surface area contributed by atoms with Gasteiger partial charge in [-0.05, 0) is 11.5 Å². The van der Waals surface area contributed by atoms with Crippen LogP contribution in [0.25, 0.3) is 0 Å². The summed E-state index contributed by atoms with van der Waals surface area (Å²) in [5.74, 6) is -0.411. The van der Waals surface area contributed by atoms with Crippen LogP contribution in [0, 0.1) is 5.95 Å². The van der Waals surface area contributed by atoms with Gasteiger partial charge in [-0.1, -0.05) is 25.4 Å². The predicted molar refractivity (Wildman–Crippen MR) is 41.1 cm³/mol. The average Bonchev–Trinajstić information content (AvgIpc) is 1.94. The van der Waals surface area contributed by atoms with Gasteiger partial charge in [0.2, 0.25) is 5.95 Å². The van der Waals surface area contributed by atoms with Gasteiger partial charge < -0.3 is 0 Å². The van der Waals surface area contributed by atoms with E-state index < -0.39 is 5.95 Å². The van der Waals surface area contributed by atoms with Crippen molar-refractivity contribution >= 4 is 11.6 Å². The van der Waals surface area contributed by atoms with Crippen molar-refractivity contribution in [3.63, 3.8) is 0 Å². The summed E-state index contributed by atoms with van der Waals surface area (Å²) in [6.45, 7) is 3.84. The summed E-state index contributed by atoms with van der Waals surface area (Å²) in [5, 5.41) is 6.89. The van der Waals surface area contributed by atoms with Crippen LogP contribution in [0.15, 0.2) is 6.07 Å². The molecule has 60 valence electrons. The number of hydrogen-bond acceptors (Lipinski definition) is 2. The van der Waals surface area contributed by atoms with Crippen molar-refractivity contribution in [1.29, 1.82) is 0 Å². The number of halogens is 2. The summed E-state index contributed by atoms with van der Waals surface area (Å²) in [6, 6.07) is 1.31. The van der Waals surface area contributed by atoms with E-state index in [4.69, 9.17) is 11.6 Å². The Morgan fingerprint density at radius 3 is 2.55 bits per heavy atom. The van der Waals surface area contributed by atoms with Crippen molar-refractivity contribution in [3.05, 3.63) is 22.7 Å². The second kappa shape index (κ2) is 3.13. The molecule has 0 atom stereocenters. The molecule has 2 nitrogen and oxygen atoms in total.